The summed E-state index contributed by atoms with van der Waals surface area (Å²) in [5.74, 6) is 1.11. The van der Waals surface area contributed by atoms with Gasteiger partial charge in [0.2, 0.25) is 0 Å². The molecule has 46 valence electrons. The maximum Gasteiger partial charge on any atom is 0.0967 e. The normalized spacial score (nSPS) is 6.86. The first-order chi connectivity index (χ1) is 3.33. The van der Waals surface area contributed by atoms with Crippen LogP contribution in [-0.2, 0) is 0 Å². The molecule has 0 spiro atoms. The van der Waals surface area contributed by atoms with Gasteiger partial charge in [-0.05, 0) is 0 Å². The van der Waals surface area contributed by atoms with Gasteiger partial charge in [0.25, 0.3) is 0 Å². The molecule has 0 rings (SSSR count). The van der Waals surface area contributed by atoms with E-state index in [1.807, 2.05) is 0 Å². The van der Waals surface area contributed by atoms with E-state index < -0.39 is 0 Å². The molecule has 0 bridgehead atoms. The van der Waals surface area contributed by atoms with Gasteiger partial charge in [0.15, 0.2) is 0 Å². The van der Waals surface area contributed by atoms with Crippen LogP contribution in [0.25, 0.3) is 0 Å². The number of hydrogen-bond acceptors (Lipinski definition) is 0. The summed E-state index contributed by atoms with van der Waals surface area (Å²) in [4.78, 5) is 0. The van der Waals surface area contributed by atoms with E-state index in [9.17, 15) is 0 Å². The molecule has 0 atom stereocenters. The van der Waals surface area contributed by atoms with Crippen molar-refractivity contribution in [3.8, 4) is 0 Å². The van der Waals surface area contributed by atoms with Crippen molar-refractivity contribution < 1.29 is 0 Å². The Labute approximate surface area is 63.7 Å². The third-order valence-corrected chi connectivity index (χ3v) is 0.643. The summed E-state index contributed by atoms with van der Waals surface area (Å²) in [6.45, 7) is 0. The summed E-state index contributed by atoms with van der Waals surface area (Å²) in [6, 6.07) is 0. The first kappa shape index (κ1) is 11.0. The summed E-state index contributed by atoms with van der Waals surface area (Å²) >= 11 is 19.6. The third-order valence-electron chi connectivity index (χ3n) is 0.0714. The average molecular weight is 184 g/mol. The fraction of sp³-hybridized carbons (Fsp3) is 1.00. The molecular formula is C3H6Cl4. The van der Waals surface area contributed by atoms with Gasteiger partial charge in [-0.3, -0.25) is 0 Å². The molecule has 0 saturated carbocycles. The Morgan fingerprint density at radius 2 is 0.857 bits per heavy atom. The molecule has 0 aliphatic carbocycles. The molecule has 0 aromatic carbocycles. The molecule has 7 heavy (non-hydrogen) atoms. The Bertz CT molecular complexity index is 14.4. The van der Waals surface area contributed by atoms with Gasteiger partial charge in [-0.2, -0.15) is 0 Å². The average Bonchev–Trinajstić information content (AvgIpc) is 1.69. The summed E-state index contributed by atoms with van der Waals surface area (Å²) in [7, 11) is 0. The lowest BCUT2D eigenvalue weighted by Crippen LogP contribution is -1.63. The van der Waals surface area contributed by atoms with Gasteiger partial charge in [0.05, 0.1) is 5.34 Å². The van der Waals surface area contributed by atoms with Crippen molar-refractivity contribution in [3.63, 3.8) is 0 Å². The lowest BCUT2D eigenvalue weighted by molar-refractivity contribution is 1.52. The Balaban J connectivity index is 0. The molecule has 0 N–H and O–H groups in total. The van der Waals surface area contributed by atoms with Gasteiger partial charge >= 0.3 is 0 Å². The van der Waals surface area contributed by atoms with E-state index >= 15 is 0 Å². The van der Waals surface area contributed by atoms with Crippen LogP contribution in [-0.4, -0.2) is 17.1 Å². The maximum atomic E-state index is 5.05. The summed E-state index contributed by atoms with van der Waals surface area (Å²) in [5, 5.41) is 0.194. The van der Waals surface area contributed by atoms with E-state index in [2.05, 4.69) is 0 Å². The Morgan fingerprint density at radius 1 is 0.714 bits per heavy atom. The minimum Gasteiger partial charge on any atom is -0.125 e. The molecule has 0 fully saturated rings. The zero-order valence-electron chi connectivity index (χ0n) is 3.63. The third kappa shape index (κ3) is 40.9. The van der Waals surface area contributed by atoms with Crippen LogP contribution in [0, 0.1) is 0 Å². The van der Waals surface area contributed by atoms with Crippen LogP contribution in [0.5, 0.6) is 0 Å². The zero-order chi connectivity index (χ0) is 6.12. The standard InChI is InChI=1S/C2H4Cl2.CH2Cl2/c3-1-2-4;2-1-3/h1-2H2;1H2. The number of halogens is 4. The first-order valence-corrected chi connectivity index (χ1v) is 3.71. The van der Waals surface area contributed by atoms with Crippen LogP contribution < -0.4 is 0 Å². The number of rotatable bonds is 1. The molecule has 0 aromatic heterocycles. The molecule has 4 heteroatoms. The van der Waals surface area contributed by atoms with E-state index in [0.717, 1.165) is 0 Å². The SMILES string of the molecule is ClCCCl.ClCCl. The van der Waals surface area contributed by atoms with E-state index in [0.29, 0.717) is 11.8 Å². The number of alkyl halides is 4. The monoisotopic (exact) mass is 182 g/mol. The molecular weight excluding hydrogens is 178 g/mol. The summed E-state index contributed by atoms with van der Waals surface area (Å²) in [6.07, 6.45) is 0. The fourth-order valence-electron chi connectivity index (χ4n) is 0. The van der Waals surface area contributed by atoms with Crippen molar-refractivity contribution in [2.24, 2.45) is 0 Å². The smallest absolute Gasteiger partial charge is 0.0967 e. The molecule has 0 aliphatic heterocycles. The highest BCUT2D eigenvalue weighted by Crippen LogP contribution is 1.75. The van der Waals surface area contributed by atoms with Crippen LogP contribution in [0.4, 0.5) is 0 Å². The highest BCUT2D eigenvalue weighted by atomic mass is 35.5. The highest BCUT2D eigenvalue weighted by molar-refractivity contribution is 6.40. The van der Waals surface area contributed by atoms with Crippen LogP contribution in [0.15, 0.2) is 0 Å². The number of hydrogen-bond donors (Lipinski definition) is 0. The van der Waals surface area contributed by atoms with Gasteiger partial charge in [-0.25, -0.2) is 0 Å². The van der Waals surface area contributed by atoms with Crippen molar-refractivity contribution in [1.82, 2.24) is 0 Å². The van der Waals surface area contributed by atoms with Gasteiger partial charge in [0.1, 0.15) is 0 Å². The molecule has 0 saturated heterocycles. The second kappa shape index (κ2) is 15.7. The highest BCUT2D eigenvalue weighted by Gasteiger charge is 1.61. The van der Waals surface area contributed by atoms with Crippen molar-refractivity contribution in [3.05, 3.63) is 0 Å². The predicted octanol–water partition coefficient (Wildman–Crippen LogP) is 2.89. The second-order valence-electron chi connectivity index (χ2n) is 0.479. The minimum atomic E-state index is 0.194. The molecule has 0 nitrogen and oxygen atoms in total. The second-order valence-corrected chi connectivity index (χ2v) is 2.04. The minimum absolute atomic E-state index is 0.194. The molecule has 0 amide bonds. The van der Waals surface area contributed by atoms with Crippen LogP contribution in [0.3, 0.4) is 0 Å². The van der Waals surface area contributed by atoms with Gasteiger partial charge in [-0.15, -0.1) is 46.4 Å². The van der Waals surface area contributed by atoms with Gasteiger partial charge < -0.3 is 0 Å². The van der Waals surface area contributed by atoms with E-state index in [-0.39, 0.29) is 5.34 Å². The van der Waals surface area contributed by atoms with Crippen molar-refractivity contribution in [1.29, 1.82) is 0 Å². The molecule has 0 unspecified atom stereocenters. The fourth-order valence-corrected chi connectivity index (χ4v) is 0. The Morgan fingerprint density at radius 3 is 0.857 bits per heavy atom. The Hall–Kier alpha value is 1.16. The zero-order valence-corrected chi connectivity index (χ0v) is 6.66. The van der Waals surface area contributed by atoms with Crippen molar-refractivity contribution >= 4 is 46.4 Å². The van der Waals surface area contributed by atoms with E-state index in [1.165, 1.54) is 0 Å². The van der Waals surface area contributed by atoms with Crippen LogP contribution >= 0.6 is 46.4 Å². The van der Waals surface area contributed by atoms with Crippen LogP contribution in [0.2, 0.25) is 0 Å². The molecule has 0 heterocycles. The molecule has 0 aromatic rings. The summed E-state index contributed by atoms with van der Waals surface area (Å²) in [5.41, 5.74) is 0. The van der Waals surface area contributed by atoms with Crippen molar-refractivity contribution in [2.75, 3.05) is 17.1 Å². The first-order valence-electron chi connectivity index (χ1n) is 1.57. The van der Waals surface area contributed by atoms with E-state index in [1.54, 1.807) is 0 Å². The van der Waals surface area contributed by atoms with E-state index in [4.69, 9.17) is 46.4 Å². The topological polar surface area (TPSA) is 0 Å². The predicted molar refractivity (Wildman–Crippen MR) is 38.0 cm³/mol. The Kier molecular flexibility index (Phi) is 24.7. The quantitative estimate of drug-likeness (QED) is 0.549. The lowest BCUT2D eigenvalue weighted by Gasteiger charge is -1.63. The van der Waals surface area contributed by atoms with Crippen molar-refractivity contribution in [2.45, 2.75) is 0 Å². The summed E-state index contributed by atoms with van der Waals surface area (Å²) < 4.78 is 0. The molecule has 0 aliphatic rings. The van der Waals surface area contributed by atoms with Crippen LogP contribution in [0.1, 0.15) is 0 Å². The largest absolute Gasteiger partial charge is 0.125 e. The van der Waals surface area contributed by atoms with Gasteiger partial charge in [-0.1, -0.05) is 0 Å². The molecule has 0 radical (unpaired) electrons. The van der Waals surface area contributed by atoms with Gasteiger partial charge in [0, 0.05) is 11.8 Å². The maximum absolute atomic E-state index is 5.05. The lowest BCUT2D eigenvalue weighted by atomic mass is 11.0.